The molecule has 3 aromatic rings. The third kappa shape index (κ3) is 2.94. The van der Waals surface area contributed by atoms with Crippen molar-refractivity contribution < 1.29 is 13.9 Å². The zero-order valence-corrected chi connectivity index (χ0v) is 12.8. The number of anilines is 1. The zero-order chi connectivity index (χ0) is 16.4. The van der Waals surface area contributed by atoms with Crippen molar-refractivity contribution in [2.45, 2.75) is 6.92 Å². The van der Waals surface area contributed by atoms with Gasteiger partial charge in [-0.25, -0.2) is 0 Å². The molecule has 1 amide bonds. The van der Waals surface area contributed by atoms with E-state index >= 15 is 0 Å². The highest BCUT2D eigenvalue weighted by molar-refractivity contribution is 6.05. The van der Waals surface area contributed by atoms with Gasteiger partial charge in [-0.3, -0.25) is 9.59 Å². The molecule has 0 aliphatic carbocycles. The molecular formula is C18H15NO4. The summed E-state index contributed by atoms with van der Waals surface area (Å²) in [5.41, 5.74) is 1.60. The molecule has 116 valence electrons. The molecule has 1 N–H and O–H groups in total. The molecule has 5 heteroatoms. The third-order valence-electron chi connectivity index (χ3n) is 3.50. The maximum absolute atomic E-state index is 12.5. The maximum Gasteiger partial charge on any atom is 0.262 e. The minimum absolute atomic E-state index is 0.0488. The summed E-state index contributed by atoms with van der Waals surface area (Å²) in [4.78, 5) is 24.9. The fourth-order valence-electron chi connectivity index (χ4n) is 2.32. The lowest BCUT2D eigenvalue weighted by Crippen LogP contribution is -2.21. The Labute approximate surface area is 132 Å². The van der Waals surface area contributed by atoms with E-state index in [2.05, 4.69) is 5.32 Å². The Morgan fingerprint density at radius 2 is 2.00 bits per heavy atom. The molecule has 3 rings (SSSR count). The lowest BCUT2D eigenvalue weighted by molar-refractivity contribution is 0.102. The van der Waals surface area contributed by atoms with Crippen molar-refractivity contribution in [3.05, 3.63) is 70.1 Å². The van der Waals surface area contributed by atoms with Crippen molar-refractivity contribution >= 4 is 22.6 Å². The van der Waals surface area contributed by atoms with E-state index in [-0.39, 0.29) is 5.56 Å². The Morgan fingerprint density at radius 3 is 2.74 bits per heavy atom. The highest BCUT2D eigenvalue weighted by Gasteiger charge is 2.15. The summed E-state index contributed by atoms with van der Waals surface area (Å²) < 4.78 is 10.5. The quantitative estimate of drug-likeness (QED) is 0.805. The molecule has 5 nitrogen and oxygen atoms in total. The molecule has 0 saturated heterocycles. The molecule has 23 heavy (non-hydrogen) atoms. The molecule has 0 saturated carbocycles. The van der Waals surface area contributed by atoms with Crippen LogP contribution >= 0.6 is 0 Å². The van der Waals surface area contributed by atoms with Gasteiger partial charge in [-0.05, 0) is 42.8 Å². The molecule has 0 unspecified atom stereocenters. The lowest BCUT2D eigenvalue weighted by Gasteiger charge is -2.06. The van der Waals surface area contributed by atoms with Gasteiger partial charge in [0.2, 0.25) is 5.43 Å². The number of amides is 1. The van der Waals surface area contributed by atoms with Crippen LogP contribution in [0.25, 0.3) is 11.0 Å². The summed E-state index contributed by atoms with van der Waals surface area (Å²) in [6, 6.07) is 12.2. The second kappa shape index (κ2) is 5.96. The maximum atomic E-state index is 12.5. The van der Waals surface area contributed by atoms with E-state index in [1.54, 1.807) is 24.3 Å². The Bertz CT molecular complexity index is 943. The number of benzene rings is 2. The van der Waals surface area contributed by atoms with Crippen LogP contribution in [0, 0.1) is 6.92 Å². The molecule has 0 atom stereocenters. The van der Waals surface area contributed by atoms with Gasteiger partial charge < -0.3 is 14.5 Å². The second-order valence-corrected chi connectivity index (χ2v) is 5.16. The minimum Gasteiger partial charge on any atom is -0.497 e. The standard InChI is InChI=1S/C18H15NO4/c1-11-4-3-5-12(8-11)19-18(21)15-10-23-16-7-6-13(22-2)9-14(16)17(15)20/h3-10H,1-2H3,(H,19,21). The SMILES string of the molecule is COc1ccc2occ(C(=O)Nc3cccc(C)c3)c(=O)c2c1. The van der Waals surface area contributed by atoms with E-state index in [0.29, 0.717) is 22.4 Å². The average molecular weight is 309 g/mol. The average Bonchev–Trinajstić information content (AvgIpc) is 2.55. The first-order valence-electron chi connectivity index (χ1n) is 7.06. The van der Waals surface area contributed by atoms with Gasteiger partial charge in [-0.15, -0.1) is 0 Å². The van der Waals surface area contributed by atoms with Crippen LogP contribution in [0.3, 0.4) is 0 Å². The number of rotatable bonds is 3. The van der Waals surface area contributed by atoms with Gasteiger partial charge in [-0.1, -0.05) is 12.1 Å². The van der Waals surface area contributed by atoms with Crippen molar-refractivity contribution in [1.82, 2.24) is 0 Å². The Kier molecular flexibility index (Phi) is 3.85. The van der Waals surface area contributed by atoms with Crippen LogP contribution in [0.4, 0.5) is 5.69 Å². The first-order valence-corrected chi connectivity index (χ1v) is 7.06. The number of nitrogens with one attached hydrogen (secondary N) is 1. The molecule has 0 radical (unpaired) electrons. The van der Waals surface area contributed by atoms with Crippen molar-refractivity contribution in [2.75, 3.05) is 12.4 Å². The van der Waals surface area contributed by atoms with E-state index in [4.69, 9.17) is 9.15 Å². The first-order chi connectivity index (χ1) is 11.1. The molecule has 0 aliphatic rings. The van der Waals surface area contributed by atoms with Crippen LogP contribution in [0.1, 0.15) is 15.9 Å². The van der Waals surface area contributed by atoms with Gasteiger partial charge in [0.15, 0.2) is 0 Å². The predicted molar refractivity (Wildman–Crippen MR) is 88.2 cm³/mol. The van der Waals surface area contributed by atoms with Crippen LogP contribution in [-0.4, -0.2) is 13.0 Å². The summed E-state index contributed by atoms with van der Waals surface area (Å²) in [5.74, 6) is 0.0233. The van der Waals surface area contributed by atoms with Crippen molar-refractivity contribution in [1.29, 1.82) is 0 Å². The third-order valence-corrected chi connectivity index (χ3v) is 3.50. The van der Waals surface area contributed by atoms with E-state index in [0.717, 1.165) is 5.56 Å². The number of hydrogen-bond acceptors (Lipinski definition) is 4. The van der Waals surface area contributed by atoms with E-state index in [1.165, 1.54) is 13.4 Å². The summed E-state index contributed by atoms with van der Waals surface area (Å²) in [6.07, 6.45) is 1.18. The monoisotopic (exact) mass is 309 g/mol. The summed E-state index contributed by atoms with van der Waals surface area (Å²) in [5, 5.41) is 3.01. The van der Waals surface area contributed by atoms with Crippen LogP contribution < -0.4 is 15.5 Å². The Morgan fingerprint density at radius 1 is 1.17 bits per heavy atom. The van der Waals surface area contributed by atoms with E-state index in [1.807, 2.05) is 25.1 Å². The van der Waals surface area contributed by atoms with E-state index < -0.39 is 11.3 Å². The highest BCUT2D eigenvalue weighted by Crippen LogP contribution is 2.19. The predicted octanol–water partition coefficient (Wildman–Crippen LogP) is 3.36. The summed E-state index contributed by atoms with van der Waals surface area (Å²) in [7, 11) is 1.51. The molecule has 0 aliphatic heterocycles. The first kappa shape index (κ1) is 14.8. The molecular weight excluding hydrogens is 294 g/mol. The molecule has 2 aromatic carbocycles. The number of methoxy groups -OCH3 is 1. The number of aryl methyl sites for hydroxylation is 1. The number of ether oxygens (including phenoxy) is 1. The molecule has 1 heterocycles. The normalized spacial score (nSPS) is 10.5. The van der Waals surface area contributed by atoms with Crippen LogP contribution in [0.15, 0.2) is 57.9 Å². The van der Waals surface area contributed by atoms with Gasteiger partial charge in [0, 0.05) is 5.69 Å². The van der Waals surface area contributed by atoms with Crippen LogP contribution in [-0.2, 0) is 0 Å². The highest BCUT2D eigenvalue weighted by atomic mass is 16.5. The van der Waals surface area contributed by atoms with Crippen LogP contribution in [0.5, 0.6) is 5.75 Å². The van der Waals surface area contributed by atoms with Crippen molar-refractivity contribution in [2.24, 2.45) is 0 Å². The lowest BCUT2D eigenvalue weighted by atomic mass is 10.1. The molecule has 1 aromatic heterocycles. The Hall–Kier alpha value is -3.08. The number of fused-ring (bicyclic) bond motifs is 1. The van der Waals surface area contributed by atoms with Crippen molar-refractivity contribution in [3.63, 3.8) is 0 Å². The van der Waals surface area contributed by atoms with E-state index in [9.17, 15) is 9.59 Å². The number of carbonyl (C=O) groups is 1. The minimum atomic E-state index is -0.505. The number of hydrogen-bond donors (Lipinski definition) is 1. The summed E-state index contributed by atoms with van der Waals surface area (Å²) in [6.45, 7) is 1.92. The summed E-state index contributed by atoms with van der Waals surface area (Å²) >= 11 is 0. The molecule has 0 spiro atoms. The van der Waals surface area contributed by atoms with Crippen molar-refractivity contribution in [3.8, 4) is 5.75 Å². The fraction of sp³-hybridized carbons (Fsp3) is 0.111. The topological polar surface area (TPSA) is 68.5 Å². The smallest absolute Gasteiger partial charge is 0.262 e. The second-order valence-electron chi connectivity index (χ2n) is 5.16. The van der Waals surface area contributed by atoms with Gasteiger partial charge in [0.1, 0.15) is 23.2 Å². The van der Waals surface area contributed by atoms with Gasteiger partial charge in [0.05, 0.1) is 12.5 Å². The largest absolute Gasteiger partial charge is 0.497 e. The number of carbonyl (C=O) groups excluding carboxylic acids is 1. The van der Waals surface area contributed by atoms with Gasteiger partial charge in [0.25, 0.3) is 5.91 Å². The van der Waals surface area contributed by atoms with Gasteiger partial charge >= 0.3 is 0 Å². The van der Waals surface area contributed by atoms with Crippen LogP contribution in [0.2, 0.25) is 0 Å². The fourth-order valence-corrected chi connectivity index (χ4v) is 2.32. The molecule has 0 bridgehead atoms. The molecule has 0 fully saturated rings. The zero-order valence-electron chi connectivity index (χ0n) is 12.8. The Balaban J connectivity index is 2.00. The van der Waals surface area contributed by atoms with Gasteiger partial charge in [-0.2, -0.15) is 0 Å².